The second-order valence-electron chi connectivity index (χ2n) is 3.84. The minimum Gasteiger partial charge on any atom is -0.496 e. The highest BCUT2D eigenvalue weighted by molar-refractivity contribution is 6.30. The quantitative estimate of drug-likeness (QED) is 0.735. The molecule has 0 aromatic heterocycles. The fraction of sp³-hybridized carbons (Fsp3) is 0.462. The van der Waals surface area contributed by atoms with Crippen LogP contribution in [-0.2, 0) is 11.2 Å². The van der Waals surface area contributed by atoms with Gasteiger partial charge in [0, 0.05) is 11.4 Å². The van der Waals surface area contributed by atoms with Gasteiger partial charge < -0.3 is 9.53 Å². The molecule has 1 unspecified atom stereocenters. The average molecular weight is 241 g/mol. The van der Waals surface area contributed by atoms with Crippen molar-refractivity contribution >= 4 is 17.9 Å². The number of carbonyl (C=O) groups is 1. The normalized spacial score (nSPS) is 12.2. The highest BCUT2D eigenvalue weighted by Crippen LogP contribution is 2.34. The molecule has 0 aliphatic rings. The minimum atomic E-state index is 0.136. The standard InChI is InChI=1S/C13H17ClO2/c1-4-10-7-11(14)8-12(13(10)16-3)9(2)5-6-15/h6-9H,4-5H2,1-3H3. The summed E-state index contributed by atoms with van der Waals surface area (Å²) in [4.78, 5) is 10.6. The van der Waals surface area contributed by atoms with Crippen LogP contribution in [0.2, 0.25) is 5.02 Å². The molecule has 0 amide bonds. The maximum atomic E-state index is 10.6. The molecule has 0 aliphatic carbocycles. The van der Waals surface area contributed by atoms with E-state index in [0.717, 1.165) is 29.6 Å². The Kier molecular flexibility index (Phi) is 4.81. The van der Waals surface area contributed by atoms with Gasteiger partial charge in [-0.3, -0.25) is 0 Å². The molecule has 0 heterocycles. The zero-order chi connectivity index (χ0) is 12.1. The zero-order valence-electron chi connectivity index (χ0n) is 9.92. The summed E-state index contributed by atoms with van der Waals surface area (Å²) in [5.74, 6) is 0.998. The smallest absolute Gasteiger partial charge is 0.125 e. The van der Waals surface area contributed by atoms with E-state index in [1.165, 1.54) is 0 Å². The minimum absolute atomic E-state index is 0.136. The van der Waals surface area contributed by atoms with Crippen LogP contribution in [0.1, 0.15) is 37.3 Å². The van der Waals surface area contributed by atoms with E-state index < -0.39 is 0 Å². The number of hydrogen-bond acceptors (Lipinski definition) is 2. The Bertz CT molecular complexity index is 374. The molecule has 1 atom stereocenters. The van der Waals surface area contributed by atoms with Crippen LogP contribution in [0.3, 0.4) is 0 Å². The van der Waals surface area contributed by atoms with Crippen molar-refractivity contribution < 1.29 is 9.53 Å². The van der Waals surface area contributed by atoms with Crippen LogP contribution in [0, 0.1) is 0 Å². The van der Waals surface area contributed by atoms with E-state index >= 15 is 0 Å². The van der Waals surface area contributed by atoms with Crippen LogP contribution < -0.4 is 4.74 Å². The van der Waals surface area contributed by atoms with Gasteiger partial charge in [0.15, 0.2) is 0 Å². The molecule has 1 aromatic carbocycles. The van der Waals surface area contributed by atoms with Crippen LogP contribution in [0.25, 0.3) is 0 Å². The van der Waals surface area contributed by atoms with E-state index in [4.69, 9.17) is 16.3 Å². The molecule has 16 heavy (non-hydrogen) atoms. The van der Waals surface area contributed by atoms with Gasteiger partial charge >= 0.3 is 0 Å². The highest BCUT2D eigenvalue weighted by atomic mass is 35.5. The van der Waals surface area contributed by atoms with Gasteiger partial charge in [-0.2, -0.15) is 0 Å². The fourth-order valence-corrected chi connectivity index (χ4v) is 2.07. The lowest BCUT2D eigenvalue weighted by Crippen LogP contribution is -2.01. The molecular weight excluding hydrogens is 224 g/mol. The summed E-state index contributed by atoms with van der Waals surface area (Å²) < 4.78 is 5.42. The first-order valence-corrected chi connectivity index (χ1v) is 5.81. The van der Waals surface area contributed by atoms with Gasteiger partial charge in [0.2, 0.25) is 0 Å². The van der Waals surface area contributed by atoms with Crippen molar-refractivity contribution in [3.05, 3.63) is 28.3 Å². The molecule has 0 radical (unpaired) electrons. The number of hydrogen-bond donors (Lipinski definition) is 0. The van der Waals surface area contributed by atoms with E-state index in [1.54, 1.807) is 7.11 Å². The largest absolute Gasteiger partial charge is 0.496 e. The third-order valence-corrected chi connectivity index (χ3v) is 2.94. The van der Waals surface area contributed by atoms with Gasteiger partial charge in [0.05, 0.1) is 7.11 Å². The van der Waals surface area contributed by atoms with Crippen molar-refractivity contribution in [3.63, 3.8) is 0 Å². The monoisotopic (exact) mass is 240 g/mol. The van der Waals surface area contributed by atoms with Gasteiger partial charge in [-0.05, 0) is 35.6 Å². The second-order valence-corrected chi connectivity index (χ2v) is 4.28. The van der Waals surface area contributed by atoms with Crippen molar-refractivity contribution in [2.75, 3.05) is 7.11 Å². The third-order valence-electron chi connectivity index (χ3n) is 2.73. The number of aryl methyl sites for hydroxylation is 1. The molecule has 0 spiro atoms. The number of rotatable bonds is 5. The molecule has 0 aliphatic heterocycles. The first-order chi connectivity index (χ1) is 7.63. The first kappa shape index (κ1) is 13.0. The lowest BCUT2D eigenvalue weighted by molar-refractivity contribution is -0.108. The molecule has 0 N–H and O–H groups in total. The molecule has 1 rings (SSSR count). The van der Waals surface area contributed by atoms with Crippen molar-refractivity contribution in [2.24, 2.45) is 0 Å². The van der Waals surface area contributed by atoms with E-state index in [9.17, 15) is 4.79 Å². The van der Waals surface area contributed by atoms with Gasteiger partial charge in [0.25, 0.3) is 0 Å². The summed E-state index contributed by atoms with van der Waals surface area (Å²) in [5, 5.41) is 0.699. The average Bonchev–Trinajstić information content (AvgIpc) is 2.28. The van der Waals surface area contributed by atoms with Crippen molar-refractivity contribution in [1.29, 1.82) is 0 Å². The summed E-state index contributed by atoms with van der Waals surface area (Å²) in [6, 6.07) is 3.80. The van der Waals surface area contributed by atoms with Gasteiger partial charge in [-0.15, -0.1) is 0 Å². The Morgan fingerprint density at radius 2 is 2.19 bits per heavy atom. The summed E-state index contributed by atoms with van der Waals surface area (Å²) in [6.07, 6.45) is 2.28. The maximum Gasteiger partial charge on any atom is 0.125 e. The number of methoxy groups -OCH3 is 1. The molecular formula is C13H17ClO2. The van der Waals surface area contributed by atoms with Gasteiger partial charge in [-0.1, -0.05) is 25.4 Å². The molecule has 0 fully saturated rings. The van der Waals surface area contributed by atoms with Gasteiger partial charge in [-0.25, -0.2) is 0 Å². The fourth-order valence-electron chi connectivity index (χ4n) is 1.82. The number of ether oxygens (including phenoxy) is 1. The van der Waals surface area contributed by atoms with E-state index in [1.807, 2.05) is 19.1 Å². The highest BCUT2D eigenvalue weighted by Gasteiger charge is 2.15. The third kappa shape index (κ3) is 2.76. The van der Waals surface area contributed by atoms with Crippen molar-refractivity contribution in [1.82, 2.24) is 0 Å². The second kappa shape index (κ2) is 5.90. The number of halogens is 1. The predicted octanol–water partition coefficient (Wildman–Crippen LogP) is 3.60. The Morgan fingerprint density at radius 1 is 1.50 bits per heavy atom. The lowest BCUT2D eigenvalue weighted by Gasteiger charge is -2.17. The predicted molar refractivity (Wildman–Crippen MR) is 66.5 cm³/mol. The first-order valence-electron chi connectivity index (χ1n) is 5.43. The number of benzene rings is 1. The summed E-state index contributed by atoms with van der Waals surface area (Å²) in [6.45, 7) is 4.06. The van der Waals surface area contributed by atoms with Crippen molar-refractivity contribution in [2.45, 2.75) is 32.6 Å². The molecule has 88 valence electrons. The molecule has 1 aromatic rings. The van der Waals surface area contributed by atoms with Gasteiger partial charge in [0.1, 0.15) is 12.0 Å². The van der Waals surface area contributed by atoms with Crippen LogP contribution in [0.15, 0.2) is 12.1 Å². The van der Waals surface area contributed by atoms with Crippen LogP contribution in [-0.4, -0.2) is 13.4 Å². The Morgan fingerprint density at radius 3 is 2.69 bits per heavy atom. The molecule has 3 heteroatoms. The molecule has 0 saturated carbocycles. The Labute approximate surface area is 102 Å². The van der Waals surface area contributed by atoms with Crippen LogP contribution in [0.5, 0.6) is 5.75 Å². The van der Waals surface area contributed by atoms with Crippen molar-refractivity contribution in [3.8, 4) is 5.75 Å². The maximum absolute atomic E-state index is 10.6. The number of aldehydes is 1. The van der Waals surface area contributed by atoms with E-state index in [0.29, 0.717) is 11.4 Å². The van der Waals surface area contributed by atoms with Crippen LogP contribution in [0.4, 0.5) is 0 Å². The van der Waals surface area contributed by atoms with E-state index in [2.05, 4.69) is 6.92 Å². The molecule has 0 bridgehead atoms. The summed E-state index contributed by atoms with van der Waals surface area (Å²) in [7, 11) is 1.65. The summed E-state index contributed by atoms with van der Waals surface area (Å²) in [5.41, 5.74) is 2.10. The SMILES string of the molecule is CCc1cc(Cl)cc(C(C)CC=O)c1OC. The Hall–Kier alpha value is -1.02. The summed E-state index contributed by atoms with van der Waals surface area (Å²) >= 11 is 6.06. The number of carbonyl (C=O) groups excluding carboxylic acids is 1. The van der Waals surface area contributed by atoms with Crippen LogP contribution >= 0.6 is 11.6 Å². The molecule has 0 saturated heterocycles. The Balaban J connectivity index is 3.24. The lowest BCUT2D eigenvalue weighted by atomic mass is 9.94. The van der Waals surface area contributed by atoms with E-state index in [-0.39, 0.29) is 5.92 Å². The zero-order valence-corrected chi connectivity index (χ0v) is 10.7. The topological polar surface area (TPSA) is 26.3 Å². The molecule has 2 nitrogen and oxygen atoms in total.